The molecule has 0 aromatic heterocycles. The molecule has 62 valence electrons. The first kappa shape index (κ1) is 8.44. The van der Waals surface area contributed by atoms with Crippen LogP contribution in [0.4, 0.5) is 0 Å². The van der Waals surface area contributed by atoms with Gasteiger partial charge in [0.2, 0.25) is 0 Å². The van der Waals surface area contributed by atoms with Crippen molar-refractivity contribution >= 4 is 11.6 Å². The van der Waals surface area contributed by atoms with Crippen LogP contribution in [0.25, 0.3) is 0 Å². The van der Waals surface area contributed by atoms with E-state index >= 15 is 0 Å². The van der Waals surface area contributed by atoms with Crippen molar-refractivity contribution in [2.75, 3.05) is 0 Å². The van der Waals surface area contributed by atoms with Crippen LogP contribution in [0.5, 0.6) is 0 Å². The quantitative estimate of drug-likeness (QED) is 0.566. The molecule has 0 aliphatic heterocycles. The lowest BCUT2D eigenvalue weighted by Gasteiger charge is -2.08. The van der Waals surface area contributed by atoms with Gasteiger partial charge in [-0.1, -0.05) is 13.8 Å². The van der Waals surface area contributed by atoms with E-state index in [9.17, 15) is 9.59 Å². The molecule has 0 amide bonds. The highest BCUT2D eigenvalue weighted by atomic mass is 16.2. The van der Waals surface area contributed by atoms with E-state index < -0.39 is 0 Å². The molecule has 1 aliphatic carbocycles. The molecule has 1 rings (SSSR count). The molecular formula is C9H14O2. The van der Waals surface area contributed by atoms with Gasteiger partial charge in [0.25, 0.3) is 0 Å². The van der Waals surface area contributed by atoms with Crippen LogP contribution in [0.2, 0.25) is 0 Å². The van der Waals surface area contributed by atoms with Crippen molar-refractivity contribution in [3.05, 3.63) is 0 Å². The van der Waals surface area contributed by atoms with Crippen molar-refractivity contribution in [3.63, 3.8) is 0 Å². The molecule has 11 heavy (non-hydrogen) atoms. The number of carbonyl (C=O) groups is 2. The molecule has 2 nitrogen and oxygen atoms in total. The van der Waals surface area contributed by atoms with E-state index in [0.717, 1.165) is 6.42 Å². The van der Waals surface area contributed by atoms with E-state index in [1.807, 2.05) is 13.8 Å². The normalized spacial score (nSPS) is 20.3. The largest absolute Gasteiger partial charge is 0.299 e. The van der Waals surface area contributed by atoms with Gasteiger partial charge in [-0.2, -0.15) is 0 Å². The number of hydrogen-bond acceptors (Lipinski definition) is 2. The molecule has 0 bridgehead atoms. The average molecular weight is 154 g/mol. The van der Waals surface area contributed by atoms with Gasteiger partial charge < -0.3 is 0 Å². The molecule has 0 heterocycles. The summed E-state index contributed by atoms with van der Waals surface area (Å²) in [5.41, 5.74) is 0. The Hall–Kier alpha value is -0.660. The molecular weight excluding hydrogens is 140 g/mol. The molecule has 0 unspecified atom stereocenters. The van der Waals surface area contributed by atoms with Crippen LogP contribution in [-0.2, 0) is 9.59 Å². The highest BCUT2D eigenvalue weighted by Gasteiger charge is 2.32. The summed E-state index contributed by atoms with van der Waals surface area (Å²) in [5.74, 6) is 0.508. The lowest BCUT2D eigenvalue weighted by molar-refractivity contribution is -0.127. The molecule has 0 spiro atoms. The van der Waals surface area contributed by atoms with Crippen molar-refractivity contribution in [2.24, 2.45) is 11.8 Å². The van der Waals surface area contributed by atoms with Crippen molar-refractivity contribution in [2.45, 2.75) is 33.1 Å². The fourth-order valence-corrected chi connectivity index (χ4v) is 1.51. The summed E-state index contributed by atoms with van der Waals surface area (Å²) in [7, 11) is 0. The molecule has 1 saturated carbocycles. The Bertz CT molecular complexity index is 166. The summed E-state index contributed by atoms with van der Waals surface area (Å²) < 4.78 is 0. The second-order valence-corrected chi connectivity index (χ2v) is 3.61. The Morgan fingerprint density at radius 1 is 1.27 bits per heavy atom. The van der Waals surface area contributed by atoms with Gasteiger partial charge in [-0.25, -0.2) is 0 Å². The van der Waals surface area contributed by atoms with Crippen LogP contribution < -0.4 is 0 Å². The van der Waals surface area contributed by atoms with Crippen molar-refractivity contribution in [1.29, 1.82) is 0 Å². The summed E-state index contributed by atoms with van der Waals surface area (Å²) >= 11 is 0. The SMILES string of the molecule is CC(C)CC1C(=O)CCC1=O. The summed E-state index contributed by atoms with van der Waals surface area (Å²) in [5, 5.41) is 0. The van der Waals surface area contributed by atoms with Crippen LogP contribution in [0.15, 0.2) is 0 Å². The van der Waals surface area contributed by atoms with Crippen molar-refractivity contribution in [3.8, 4) is 0 Å². The zero-order valence-corrected chi connectivity index (χ0v) is 7.09. The van der Waals surface area contributed by atoms with Gasteiger partial charge in [-0.3, -0.25) is 9.59 Å². The van der Waals surface area contributed by atoms with Gasteiger partial charge in [0.15, 0.2) is 0 Å². The number of rotatable bonds is 2. The Morgan fingerprint density at radius 2 is 1.73 bits per heavy atom. The molecule has 0 N–H and O–H groups in total. The maximum Gasteiger partial charge on any atom is 0.143 e. The minimum Gasteiger partial charge on any atom is -0.299 e. The van der Waals surface area contributed by atoms with Crippen LogP contribution in [0, 0.1) is 11.8 Å². The third-order valence-electron chi connectivity index (χ3n) is 2.10. The summed E-state index contributed by atoms with van der Waals surface area (Å²) in [6, 6.07) is 0. The predicted octanol–water partition coefficient (Wildman–Crippen LogP) is 1.58. The number of Topliss-reactive ketones (excluding diaryl/α,β-unsaturated/α-hetero) is 2. The van der Waals surface area contributed by atoms with Crippen LogP contribution in [0.1, 0.15) is 33.1 Å². The average Bonchev–Trinajstić information content (AvgIpc) is 2.18. The van der Waals surface area contributed by atoms with E-state index in [0.29, 0.717) is 18.8 Å². The maximum absolute atomic E-state index is 11.1. The Morgan fingerprint density at radius 3 is 2.09 bits per heavy atom. The van der Waals surface area contributed by atoms with E-state index in [1.165, 1.54) is 0 Å². The minimum atomic E-state index is -0.255. The summed E-state index contributed by atoms with van der Waals surface area (Å²) in [6.07, 6.45) is 1.71. The van der Waals surface area contributed by atoms with Crippen LogP contribution in [-0.4, -0.2) is 11.6 Å². The summed E-state index contributed by atoms with van der Waals surface area (Å²) in [6.45, 7) is 4.08. The first-order valence-corrected chi connectivity index (χ1v) is 4.16. The van der Waals surface area contributed by atoms with Gasteiger partial charge in [0.05, 0.1) is 5.92 Å². The van der Waals surface area contributed by atoms with Gasteiger partial charge in [-0.05, 0) is 12.3 Å². The standard InChI is InChI=1S/C9H14O2/c1-6(2)5-7-8(10)3-4-9(7)11/h6-7H,3-5H2,1-2H3. The molecule has 2 heteroatoms. The van der Waals surface area contributed by atoms with Gasteiger partial charge in [0, 0.05) is 12.8 Å². The van der Waals surface area contributed by atoms with E-state index in [-0.39, 0.29) is 17.5 Å². The van der Waals surface area contributed by atoms with Crippen molar-refractivity contribution < 1.29 is 9.59 Å². The molecule has 1 fully saturated rings. The van der Waals surface area contributed by atoms with E-state index in [2.05, 4.69) is 0 Å². The van der Waals surface area contributed by atoms with E-state index in [1.54, 1.807) is 0 Å². The Balaban J connectivity index is 2.55. The van der Waals surface area contributed by atoms with Gasteiger partial charge >= 0.3 is 0 Å². The van der Waals surface area contributed by atoms with Gasteiger partial charge in [-0.15, -0.1) is 0 Å². The zero-order chi connectivity index (χ0) is 8.43. The molecule has 0 aromatic rings. The van der Waals surface area contributed by atoms with E-state index in [4.69, 9.17) is 0 Å². The Kier molecular flexibility index (Phi) is 2.42. The molecule has 0 radical (unpaired) electrons. The third-order valence-corrected chi connectivity index (χ3v) is 2.10. The van der Waals surface area contributed by atoms with Crippen LogP contribution >= 0.6 is 0 Å². The third kappa shape index (κ3) is 1.88. The lowest BCUT2D eigenvalue weighted by atomic mass is 9.94. The lowest BCUT2D eigenvalue weighted by Crippen LogP contribution is -2.16. The number of ketones is 2. The summed E-state index contributed by atoms with van der Waals surface area (Å²) in [4.78, 5) is 22.2. The monoisotopic (exact) mass is 154 g/mol. The first-order chi connectivity index (χ1) is 5.11. The highest BCUT2D eigenvalue weighted by Crippen LogP contribution is 2.23. The topological polar surface area (TPSA) is 34.1 Å². The van der Waals surface area contributed by atoms with Gasteiger partial charge in [0.1, 0.15) is 11.6 Å². The predicted molar refractivity (Wildman–Crippen MR) is 42.2 cm³/mol. The maximum atomic E-state index is 11.1. The fourth-order valence-electron chi connectivity index (χ4n) is 1.51. The van der Waals surface area contributed by atoms with Crippen LogP contribution in [0.3, 0.4) is 0 Å². The molecule has 0 aromatic carbocycles. The number of hydrogen-bond donors (Lipinski definition) is 0. The second-order valence-electron chi connectivity index (χ2n) is 3.61. The Labute approximate surface area is 67.0 Å². The highest BCUT2D eigenvalue weighted by molar-refractivity contribution is 6.08. The zero-order valence-electron chi connectivity index (χ0n) is 7.09. The first-order valence-electron chi connectivity index (χ1n) is 4.16. The second kappa shape index (κ2) is 3.16. The van der Waals surface area contributed by atoms with Crippen molar-refractivity contribution in [1.82, 2.24) is 0 Å². The minimum absolute atomic E-state index is 0.156. The smallest absolute Gasteiger partial charge is 0.143 e. The molecule has 0 atom stereocenters. The fraction of sp³-hybridized carbons (Fsp3) is 0.778. The molecule has 0 saturated heterocycles. The molecule has 1 aliphatic rings. The number of carbonyl (C=O) groups excluding carboxylic acids is 2.